The highest BCUT2D eigenvalue weighted by atomic mass is 79.9. The summed E-state index contributed by atoms with van der Waals surface area (Å²) in [5.41, 5.74) is 1.56. The van der Waals surface area contributed by atoms with Crippen LogP contribution in [0.25, 0.3) is 0 Å². The molecule has 0 radical (unpaired) electrons. The summed E-state index contributed by atoms with van der Waals surface area (Å²) in [5.74, 6) is -1.00. The quantitative estimate of drug-likeness (QED) is 0.455. The van der Waals surface area contributed by atoms with Gasteiger partial charge in [-0.2, -0.15) is 0 Å². The molecule has 144 valence electrons. The molecule has 2 N–H and O–H groups in total. The van der Waals surface area contributed by atoms with E-state index < -0.39 is 11.9 Å². The predicted molar refractivity (Wildman–Crippen MR) is 115 cm³/mol. The number of thiophene rings is 1. The lowest BCUT2D eigenvalue weighted by atomic mass is 10.1. The van der Waals surface area contributed by atoms with E-state index in [9.17, 15) is 9.59 Å². The Hall–Kier alpha value is -1.97. The van der Waals surface area contributed by atoms with E-state index in [0.717, 1.165) is 21.5 Å². The van der Waals surface area contributed by atoms with Crippen LogP contribution in [-0.2, 0) is 9.47 Å². The van der Waals surface area contributed by atoms with Gasteiger partial charge in [0.15, 0.2) is 5.11 Å². The first kappa shape index (κ1) is 21.3. The largest absolute Gasteiger partial charge is 0.462 e. The highest BCUT2D eigenvalue weighted by molar-refractivity contribution is 9.10. The summed E-state index contributed by atoms with van der Waals surface area (Å²) in [6.07, 6.45) is 0. The van der Waals surface area contributed by atoms with Crippen molar-refractivity contribution in [1.29, 1.82) is 0 Å². The minimum Gasteiger partial charge on any atom is -0.462 e. The molecule has 0 bridgehead atoms. The fraction of sp³-hybridized carbons (Fsp3) is 0.278. The van der Waals surface area contributed by atoms with Crippen LogP contribution in [0.3, 0.4) is 0 Å². The van der Waals surface area contributed by atoms with Crippen LogP contribution in [0.2, 0.25) is 0 Å². The van der Waals surface area contributed by atoms with E-state index in [0.29, 0.717) is 15.4 Å². The van der Waals surface area contributed by atoms with Crippen molar-refractivity contribution in [2.45, 2.75) is 20.8 Å². The number of ether oxygens (including phenoxy) is 2. The standard InChI is InChI=1S/C18H19BrN2O4S2/c1-4-24-16(22)13-10(3)14(17(23)25-5-2)27-15(13)21-18(26)20-12-8-6-7-11(19)9-12/h6-9H,4-5H2,1-3H3,(H2,20,21,26). The Morgan fingerprint density at radius 1 is 1.15 bits per heavy atom. The summed E-state index contributed by atoms with van der Waals surface area (Å²) in [6, 6.07) is 7.49. The summed E-state index contributed by atoms with van der Waals surface area (Å²) in [5, 5.41) is 6.75. The van der Waals surface area contributed by atoms with E-state index in [-0.39, 0.29) is 23.9 Å². The van der Waals surface area contributed by atoms with Crippen molar-refractivity contribution in [3.63, 3.8) is 0 Å². The van der Waals surface area contributed by atoms with Crippen LogP contribution >= 0.6 is 39.5 Å². The molecule has 2 rings (SSSR count). The summed E-state index contributed by atoms with van der Waals surface area (Å²) in [7, 11) is 0. The second kappa shape index (κ2) is 9.82. The van der Waals surface area contributed by atoms with Gasteiger partial charge in [-0.1, -0.05) is 22.0 Å². The molecule has 0 aliphatic rings. The molecule has 9 heteroatoms. The number of esters is 2. The van der Waals surface area contributed by atoms with Crippen molar-refractivity contribution in [2.24, 2.45) is 0 Å². The van der Waals surface area contributed by atoms with Crippen LogP contribution in [0.5, 0.6) is 0 Å². The van der Waals surface area contributed by atoms with Gasteiger partial charge in [-0.3, -0.25) is 0 Å². The zero-order chi connectivity index (χ0) is 20.0. The van der Waals surface area contributed by atoms with Crippen LogP contribution in [-0.4, -0.2) is 30.3 Å². The van der Waals surface area contributed by atoms with Gasteiger partial charge >= 0.3 is 11.9 Å². The lowest BCUT2D eigenvalue weighted by molar-refractivity contribution is 0.0527. The van der Waals surface area contributed by atoms with Crippen molar-refractivity contribution in [2.75, 3.05) is 23.8 Å². The Bertz CT molecular complexity index is 867. The van der Waals surface area contributed by atoms with Gasteiger partial charge in [0.1, 0.15) is 9.88 Å². The number of thiocarbonyl (C=S) groups is 1. The minimum atomic E-state index is -0.519. The third-order valence-corrected chi connectivity index (χ3v) is 5.28. The lowest BCUT2D eigenvalue weighted by Gasteiger charge is -2.11. The van der Waals surface area contributed by atoms with Gasteiger partial charge in [0.05, 0.1) is 18.8 Å². The summed E-state index contributed by atoms with van der Waals surface area (Å²) >= 11 is 9.85. The molecule has 0 atom stereocenters. The fourth-order valence-electron chi connectivity index (χ4n) is 2.27. The molecule has 0 saturated carbocycles. The molecular formula is C18H19BrN2O4S2. The molecule has 0 fully saturated rings. The van der Waals surface area contributed by atoms with E-state index in [1.165, 1.54) is 0 Å². The molecule has 0 unspecified atom stereocenters. The van der Waals surface area contributed by atoms with Gasteiger partial charge in [0, 0.05) is 10.2 Å². The van der Waals surface area contributed by atoms with Gasteiger partial charge in [-0.05, 0) is 56.8 Å². The minimum absolute atomic E-state index is 0.225. The molecule has 1 aromatic heterocycles. The molecule has 27 heavy (non-hydrogen) atoms. The number of nitrogens with one attached hydrogen (secondary N) is 2. The van der Waals surface area contributed by atoms with Crippen LogP contribution in [0, 0.1) is 6.92 Å². The zero-order valence-electron chi connectivity index (χ0n) is 15.1. The first-order valence-electron chi connectivity index (χ1n) is 8.18. The van der Waals surface area contributed by atoms with Gasteiger partial charge < -0.3 is 20.1 Å². The van der Waals surface area contributed by atoms with Crippen molar-refractivity contribution < 1.29 is 19.1 Å². The second-order valence-corrected chi connectivity index (χ2v) is 7.64. The Kier molecular flexibility index (Phi) is 7.76. The molecule has 2 aromatic rings. The molecule has 0 saturated heterocycles. The molecule has 1 heterocycles. The molecule has 1 aromatic carbocycles. The van der Waals surface area contributed by atoms with E-state index in [2.05, 4.69) is 26.6 Å². The van der Waals surface area contributed by atoms with Crippen LogP contribution in [0.1, 0.15) is 39.4 Å². The topological polar surface area (TPSA) is 76.7 Å². The van der Waals surface area contributed by atoms with E-state index in [4.69, 9.17) is 21.7 Å². The number of rotatable bonds is 6. The number of carbonyl (C=O) groups excluding carboxylic acids is 2. The number of anilines is 2. The number of hydrogen-bond acceptors (Lipinski definition) is 6. The maximum Gasteiger partial charge on any atom is 0.348 e. The average Bonchev–Trinajstić information content (AvgIpc) is 2.91. The summed E-state index contributed by atoms with van der Waals surface area (Å²) in [6.45, 7) is 5.60. The van der Waals surface area contributed by atoms with Crippen LogP contribution < -0.4 is 10.6 Å². The zero-order valence-corrected chi connectivity index (χ0v) is 18.3. The number of carbonyl (C=O) groups is 2. The first-order chi connectivity index (χ1) is 12.9. The number of hydrogen-bond donors (Lipinski definition) is 2. The predicted octanol–water partition coefficient (Wildman–Crippen LogP) is 4.98. The monoisotopic (exact) mass is 470 g/mol. The Morgan fingerprint density at radius 2 is 1.81 bits per heavy atom. The van der Waals surface area contributed by atoms with Crippen molar-refractivity contribution in [3.8, 4) is 0 Å². The molecule has 0 amide bonds. The average molecular weight is 471 g/mol. The molecule has 0 aliphatic heterocycles. The van der Waals surface area contributed by atoms with Crippen molar-refractivity contribution in [3.05, 3.63) is 44.7 Å². The normalized spacial score (nSPS) is 10.2. The summed E-state index contributed by atoms with van der Waals surface area (Å²) in [4.78, 5) is 24.9. The fourth-order valence-corrected chi connectivity index (χ4v) is 4.05. The molecule has 0 aliphatic carbocycles. The smallest absolute Gasteiger partial charge is 0.348 e. The van der Waals surface area contributed by atoms with Gasteiger partial charge in [-0.15, -0.1) is 11.3 Å². The third-order valence-electron chi connectivity index (χ3n) is 3.40. The molecule has 0 spiro atoms. The van der Waals surface area contributed by atoms with Crippen LogP contribution in [0.4, 0.5) is 10.7 Å². The van der Waals surface area contributed by atoms with E-state index >= 15 is 0 Å². The maximum absolute atomic E-state index is 12.4. The second-order valence-electron chi connectivity index (χ2n) is 5.29. The van der Waals surface area contributed by atoms with Gasteiger partial charge in [0.25, 0.3) is 0 Å². The van der Waals surface area contributed by atoms with Crippen molar-refractivity contribution >= 4 is 67.2 Å². The first-order valence-corrected chi connectivity index (χ1v) is 10.2. The Labute approximate surface area is 175 Å². The highest BCUT2D eigenvalue weighted by Gasteiger charge is 2.26. The lowest BCUT2D eigenvalue weighted by Crippen LogP contribution is -2.20. The summed E-state index contributed by atoms with van der Waals surface area (Å²) < 4.78 is 11.1. The van der Waals surface area contributed by atoms with Crippen LogP contribution in [0.15, 0.2) is 28.7 Å². The van der Waals surface area contributed by atoms with E-state index in [1.807, 2.05) is 24.3 Å². The maximum atomic E-state index is 12.4. The number of halogens is 1. The Balaban J connectivity index is 2.30. The van der Waals surface area contributed by atoms with E-state index in [1.54, 1.807) is 20.8 Å². The van der Waals surface area contributed by atoms with Crippen molar-refractivity contribution in [1.82, 2.24) is 0 Å². The SMILES string of the molecule is CCOC(=O)c1sc(NC(=S)Nc2cccc(Br)c2)c(C(=O)OCC)c1C. The highest BCUT2D eigenvalue weighted by Crippen LogP contribution is 2.34. The van der Waals surface area contributed by atoms with Gasteiger partial charge in [-0.25, -0.2) is 9.59 Å². The Morgan fingerprint density at radius 3 is 2.44 bits per heavy atom. The molecule has 6 nitrogen and oxygen atoms in total. The third kappa shape index (κ3) is 5.50. The molecular weight excluding hydrogens is 452 g/mol. The van der Waals surface area contributed by atoms with Gasteiger partial charge in [0.2, 0.25) is 0 Å². The number of benzene rings is 1.